The van der Waals surface area contributed by atoms with Crippen molar-refractivity contribution in [2.24, 2.45) is 7.05 Å². The number of carbonyl (C=O) groups is 2. The van der Waals surface area contributed by atoms with E-state index in [0.29, 0.717) is 28.0 Å². The van der Waals surface area contributed by atoms with Crippen LogP contribution in [0.25, 0.3) is 6.08 Å². The SMILES string of the molecule is Cc1nn(C)c(Cl)c1C=CC(=O)N1CSCC1C(=O)Nc1ccccc1F. The van der Waals surface area contributed by atoms with E-state index in [0.717, 1.165) is 0 Å². The number of carbonyl (C=O) groups excluding carboxylic acids is 2. The first-order chi connectivity index (χ1) is 12.9. The van der Waals surface area contributed by atoms with Gasteiger partial charge in [-0.3, -0.25) is 14.3 Å². The zero-order valence-electron chi connectivity index (χ0n) is 14.8. The molecule has 9 heteroatoms. The van der Waals surface area contributed by atoms with E-state index < -0.39 is 17.8 Å². The lowest BCUT2D eigenvalue weighted by atomic mass is 10.2. The molecule has 2 heterocycles. The Balaban J connectivity index is 1.71. The Morgan fingerprint density at radius 3 is 2.81 bits per heavy atom. The highest BCUT2D eigenvalue weighted by atomic mass is 35.5. The number of aromatic nitrogens is 2. The first kappa shape index (κ1) is 19.4. The second kappa shape index (κ2) is 8.14. The summed E-state index contributed by atoms with van der Waals surface area (Å²) in [6.07, 6.45) is 2.98. The molecule has 1 saturated heterocycles. The number of halogens is 2. The minimum absolute atomic E-state index is 0.0973. The van der Waals surface area contributed by atoms with Crippen molar-refractivity contribution in [3.8, 4) is 0 Å². The van der Waals surface area contributed by atoms with Crippen LogP contribution >= 0.6 is 23.4 Å². The van der Waals surface area contributed by atoms with Gasteiger partial charge in [0, 0.05) is 24.4 Å². The number of hydrogen-bond acceptors (Lipinski definition) is 4. The first-order valence-electron chi connectivity index (χ1n) is 8.19. The van der Waals surface area contributed by atoms with Gasteiger partial charge in [-0.2, -0.15) is 5.10 Å². The Morgan fingerprint density at radius 2 is 2.15 bits per heavy atom. The van der Waals surface area contributed by atoms with Gasteiger partial charge in [0.2, 0.25) is 11.8 Å². The van der Waals surface area contributed by atoms with E-state index in [2.05, 4.69) is 10.4 Å². The number of thioether (sulfide) groups is 1. The third-order valence-corrected chi connectivity index (χ3v) is 5.65. The lowest BCUT2D eigenvalue weighted by Crippen LogP contribution is -2.44. The second-order valence-corrected chi connectivity index (χ2v) is 7.40. The number of hydrogen-bond donors (Lipinski definition) is 1. The van der Waals surface area contributed by atoms with Crippen molar-refractivity contribution >= 4 is 46.9 Å². The maximum absolute atomic E-state index is 13.7. The van der Waals surface area contributed by atoms with E-state index in [1.165, 1.54) is 39.6 Å². The fraction of sp³-hybridized carbons (Fsp3) is 0.278. The van der Waals surface area contributed by atoms with Gasteiger partial charge in [0.25, 0.3) is 0 Å². The number of para-hydroxylation sites is 1. The lowest BCUT2D eigenvalue weighted by Gasteiger charge is -2.21. The van der Waals surface area contributed by atoms with Gasteiger partial charge < -0.3 is 10.2 Å². The van der Waals surface area contributed by atoms with Crippen molar-refractivity contribution in [1.29, 1.82) is 0 Å². The van der Waals surface area contributed by atoms with E-state index in [-0.39, 0.29) is 11.6 Å². The molecule has 0 aliphatic carbocycles. The zero-order chi connectivity index (χ0) is 19.6. The van der Waals surface area contributed by atoms with Crippen LogP contribution in [0.3, 0.4) is 0 Å². The number of anilines is 1. The maximum Gasteiger partial charge on any atom is 0.248 e. The van der Waals surface area contributed by atoms with Crippen molar-refractivity contribution in [3.63, 3.8) is 0 Å². The van der Waals surface area contributed by atoms with Crippen LogP contribution in [-0.4, -0.2) is 44.2 Å². The van der Waals surface area contributed by atoms with Crippen molar-refractivity contribution in [1.82, 2.24) is 14.7 Å². The third kappa shape index (κ3) is 4.17. The fourth-order valence-electron chi connectivity index (χ4n) is 2.74. The monoisotopic (exact) mass is 408 g/mol. The molecule has 2 aromatic rings. The van der Waals surface area contributed by atoms with Crippen LogP contribution in [0.2, 0.25) is 5.15 Å². The summed E-state index contributed by atoms with van der Waals surface area (Å²) in [6, 6.07) is 5.26. The zero-order valence-corrected chi connectivity index (χ0v) is 16.4. The summed E-state index contributed by atoms with van der Waals surface area (Å²) in [4.78, 5) is 26.6. The van der Waals surface area contributed by atoms with Crippen LogP contribution in [0.1, 0.15) is 11.3 Å². The summed E-state index contributed by atoms with van der Waals surface area (Å²) in [5.74, 6) is -0.406. The van der Waals surface area contributed by atoms with E-state index in [4.69, 9.17) is 11.6 Å². The van der Waals surface area contributed by atoms with Crippen molar-refractivity contribution in [3.05, 3.63) is 52.6 Å². The molecule has 1 N–H and O–H groups in total. The number of amides is 2. The number of aryl methyl sites for hydroxylation is 2. The van der Waals surface area contributed by atoms with Crippen LogP contribution < -0.4 is 5.32 Å². The molecular formula is C18H18ClFN4O2S. The molecule has 2 amide bonds. The second-order valence-electron chi connectivity index (χ2n) is 6.04. The van der Waals surface area contributed by atoms with Crippen molar-refractivity contribution in [2.75, 3.05) is 16.9 Å². The summed E-state index contributed by atoms with van der Waals surface area (Å²) >= 11 is 7.63. The van der Waals surface area contributed by atoms with Gasteiger partial charge in [-0.25, -0.2) is 4.39 Å². The van der Waals surface area contributed by atoms with Crippen molar-refractivity contribution in [2.45, 2.75) is 13.0 Å². The number of nitrogens with zero attached hydrogens (tertiary/aromatic N) is 3. The Bertz CT molecular complexity index is 915. The van der Waals surface area contributed by atoms with Crippen LogP contribution in [0.15, 0.2) is 30.3 Å². The molecule has 27 heavy (non-hydrogen) atoms. The standard InChI is InChI=1S/C18H18ClFN4O2S/c1-11-12(17(19)23(2)22-11)7-8-16(25)24-10-27-9-15(24)18(26)21-14-6-4-3-5-13(14)20/h3-8,15H,9-10H2,1-2H3,(H,21,26). The Labute approximate surface area is 165 Å². The van der Waals surface area contributed by atoms with Gasteiger partial charge in [0.15, 0.2) is 0 Å². The molecule has 6 nitrogen and oxygen atoms in total. The molecular weight excluding hydrogens is 391 g/mol. The minimum Gasteiger partial charge on any atom is -0.322 e. The van der Waals surface area contributed by atoms with E-state index in [9.17, 15) is 14.0 Å². The Hall–Kier alpha value is -2.32. The van der Waals surface area contributed by atoms with Gasteiger partial charge >= 0.3 is 0 Å². The van der Waals surface area contributed by atoms with Crippen LogP contribution in [0.4, 0.5) is 10.1 Å². The van der Waals surface area contributed by atoms with E-state index in [1.807, 2.05) is 0 Å². The molecule has 1 unspecified atom stereocenters. The predicted octanol–water partition coefficient (Wildman–Crippen LogP) is 3.07. The normalized spacial score (nSPS) is 16.9. The summed E-state index contributed by atoms with van der Waals surface area (Å²) in [5.41, 5.74) is 1.46. The molecule has 1 aromatic carbocycles. The van der Waals surface area contributed by atoms with Gasteiger partial charge in [0.05, 0.1) is 17.3 Å². The summed E-state index contributed by atoms with van der Waals surface area (Å²) in [5, 5.41) is 7.17. The number of benzene rings is 1. The van der Waals surface area contributed by atoms with Gasteiger partial charge in [-0.1, -0.05) is 23.7 Å². The molecule has 1 aliphatic heterocycles. The molecule has 0 radical (unpaired) electrons. The fourth-order valence-corrected chi connectivity index (χ4v) is 4.14. The quantitative estimate of drug-likeness (QED) is 0.789. The lowest BCUT2D eigenvalue weighted by molar-refractivity contribution is -0.132. The highest BCUT2D eigenvalue weighted by Gasteiger charge is 2.34. The topological polar surface area (TPSA) is 67.2 Å². The van der Waals surface area contributed by atoms with Gasteiger partial charge in [-0.05, 0) is 25.1 Å². The average molecular weight is 409 g/mol. The largest absolute Gasteiger partial charge is 0.322 e. The average Bonchev–Trinajstić information content (AvgIpc) is 3.21. The summed E-state index contributed by atoms with van der Waals surface area (Å²) in [7, 11) is 1.72. The third-order valence-electron chi connectivity index (χ3n) is 4.19. The Morgan fingerprint density at radius 1 is 1.41 bits per heavy atom. The minimum atomic E-state index is -0.669. The van der Waals surface area contributed by atoms with Crippen LogP contribution in [-0.2, 0) is 16.6 Å². The predicted molar refractivity (Wildman–Crippen MR) is 105 cm³/mol. The molecule has 1 aliphatic rings. The smallest absolute Gasteiger partial charge is 0.248 e. The molecule has 0 bridgehead atoms. The molecule has 0 spiro atoms. The molecule has 1 atom stereocenters. The molecule has 3 rings (SSSR count). The summed E-state index contributed by atoms with van der Waals surface area (Å²) < 4.78 is 15.3. The van der Waals surface area contributed by atoms with E-state index >= 15 is 0 Å². The van der Waals surface area contributed by atoms with E-state index in [1.54, 1.807) is 32.2 Å². The highest BCUT2D eigenvalue weighted by molar-refractivity contribution is 7.99. The molecule has 1 fully saturated rings. The number of rotatable bonds is 4. The van der Waals surface area contributed by atoms with Crippen molar-refractivity contribution < 1.29 is 14.0 Å². The Kier molecular flexibility index (Phi) is 5.86. The highest BCUT2D eigenvalue weighted by Crippen LogP contribution is 2.24. The summed E-state index contributed by atoms with van der Waals surface area (Å²) in [6.45, 7) is 1.80. The van der Waals surface area contributed by atoms with Gasteiger partial charge in [-0.15, -0.1) is 11.8 Å². The maximum atomic E-state index is 13.7. The molecule has 1 aromatic heterocycles. The van der Waals surface area contributed by atoms with Crippen LogP contribution in [0.5, 0.6) is 0 Å². The number of nitrogens with one attached hydrogen (secondary N) is 1. The van der Waals surface area contributed by atoms with Crippen LogP contribution in [0, 0.1) is 12.7 Å². The first-order valence-corrected chi connectivity index (χ1v) is 9.72. The molecule has 142 valence electrons. The molecule has 0 saturated carbocycles. The van der Waals surface area contributed by atoms with Gasteiger partial charge in [0.1, 0.15) is 17.0 Å².